The van der Waals surface area contributed by atoms with Gasteiger partial charge in [-0.15, -0.1) is 0 Å². The summed E-state index contributed by atoms with van der Waals surface area (Å²) in [5, 5.41) is 0. The van der Waals surface area contributed by atoms with Crippen LogP contribution < -0.4 is 0 Å². The number of carbonyl (C=O) groups excluding carboxylic acids is 1. The van der Waals surface area contributed by atoms with Crippen molar-refractivity contribution >= 4 is 6.09 Å². The molecule has 1 aromatic carbocycles. The van der Waals surface area contributed by atoms with Gasteiger partial charge in [-0.2, -0.15) is 0 Å². The number of hydrogen-bond acceptors (Lipinski definition) is 2. The van der Waals surface area contributed by atoms with E-state index in [1.165, 1.54) is 12.1 Å². The van der Waals surface area contributed by atoms with E-state index >= 15 is 0 Å². The Kier molecular flexibility index (Phi) is 4.70. The topological polar surface area (TPSA) is 29.5 Å². The van der Waals surface area contributed by atoms with Crippen molar-refractivity contribution in [3.8, 4) is 0 Å². The highest BCUT2D eigenvalue weighted by Crippen LogP contribution is 2.18. The van der Waals surface area contributed by atoms with Gasteiger partial charge in [0.25, 0.3) is 0 Å². The molecule has 0 atom stereocenters. The van der Waals surface area contributed by atoms with E-state index in [0.717, 1.165) is 5.56 Å². The first-order valence-corrected chi connectivity index (χ1v) is 6.03. The molecule has 1 rings (SSSR count). The van der Waals surface area contributed by atoms with Gasteiger partial charge in [-0.1, -0.05) is 12.1 Å². The van der Waals surface area contributed by atoms with E-state index in [-0.39, 0.29) is 17.4 Å². The summed E-state index contributed by atoms with van der Waals surface area (Å²) in [5.74, 6) is -0.280. The molecule has 0 fully saturated rings. The summed E-state index contributed by atoms with van der Waals surface area (Å²) in [6, 6.07) is 6.13. The molecule has 0 spiro atoms. The molecule has 0 bridgehead atoms. The van der Waals surface area contributed by atoms with Gasteiger partial charge in [0.05, 0.1) is 6.61 Å². The molecule has 4 heteroatoms. The van der Waals surface area contributed by atoms with Gasteiger partial charge < -0.3 is 4.74 Å². The number of amides is 1. The largest absolute Gasteiger partial charge is 0.450 e. The van der Waals surface area contributed by atoms with Crippen molar-refractivity contribution in [3.05, 3.63) is 35.6 Å². The fraction of sp³-hybridized carbons (Fsp3) is 0.500. The smallest absolute Gasteiger partial charge is 0.410 e. The molecule has 0 radical (unpaired) electrons. The standard InChI is InChI=1S/C14H20FNO2/c1-5-18-13(17)16(14(2,3)4)10-11-6-8-12(15)9-7-11/h6-9H,5,10H2,1-4H3. The van der Waals surface area contributed by atoms with Crippen LogP contribution in [0.15, 0.2) is 24.3 Å². The lowest BCUT2D eigenvalue weighted by Gasteiger charge is -2.34. The van der Waals surface area contributed by atoms with E-state index in [1.807, 2.05) is 20.8 Å². The van der Waals surface area contributed by atoms with Crippen LogP contribution in [-0.2, 0) is 11.3 Å². The third kappa shape index (κ3) is 4.02. The zero-order valence-electron chi connectivity index (χ0n) is 11.4. The van der Waals surface area contributed by atoms with Crippen LogP contribution in [0, 0.1) is 5.82 Å². The third-order valence-electron chi connectivity index (χ3n) is 2.55. The van der Waals surface area contributed by atoms with Crippen molar-refractivity contribution in [1.29, 1.82) is 0 Å². The number of ether oxygens (including phenoxy) is 1. The first-order valence-electron chi connectivity index (χ1n) is 6.03. The molecule has 3 nitrogen and oxygen atoms in total. The molecule has 0 aliphatic heterocycles. The van der Waals surface area contributed by atoms with Crippen LogP contribution in [0.4, 0.5) is 9.18 Å². The van der Waals surface area contributed by atoms with E-state index in [9.17, 15) is 9.18 Å². The molecule has 1 aromatic rings. The second kappa shape index (κ2) is 5.85. The highest BCUT2D eigenvalue weighted by Gasteiger charge is 2.27. The maximum Gasteiger partial charge on any atom is 0.410 e. The molecular weight excluding hydrogens is 233 g/mol. The Morgan fingerprint density at radius 2 is 1.83 bits per heavy atom. The van der Waals surface area contributed by atoms with Crippen LogP contribution in [-0.4, -0.2) is 23.1 Å². The average Bonchev–Trinajstić information content (AvgIpc) is 2.26. The molecule has 18 heavy (non-hydrogen) atoms. The molecule has 0 aromatic heterocycles. The van der Waals surface area contributed by atoms with Crippen molar-refractivity contribution in [2.24, 2.45) is 0 Å². The van der Waals surface area contributed by atoms with Crippen molar-refractivity contribution in [1.82, 2.24) is 4.90 Å². The molecule has 0 unspecified atom stereocenters. The maximum absolute atomic E-state index is 12.8. The van der Waals surface area contributed by atoms with E-state index in [4.69, 9.17) is 4.74 Å². The number of benzene rings is 1. The Hall–Kier alpha value is -1.58. The van der Waals surface area contributed by atoms with Gasteiger partial charge in [-0.25, -0.2) is 9.18 Å². The fourth-order valence-electron chi connectivity index (χ4n) is 1.55. The summed E-state index contributed by atoms with van der Waals surface area (Å²) in [7, 11) is 0. The van der Waals surface area contributed by atoms with Crippen molar-refractivity contribution < 1.29 is 13.9 Å². The molecule has 0 heterocycles. The minimum absolute atomic E-state index is 0.280. The minimum Gasteiger partial charge on any atom is -0.450 e. The number of rotatable bonds is 3. The summed E-state index contributed by atoms with van der Waals surface area (Å²) < 4.78 is 17.9. The first-order chi connectivity index (χ1) is 8.34. The maximum atomic E-state index is 12.8. The SMILES string of the molecule is CCOC(=O)N(Cc1ccc(F)cc1)C(C)(C)C. The van der Waals surface area contributed by atoms with Gasteiger partial charge in [0.2, 0.25) is 0 Å². The molecule has 1 amide bonds. The van der Waals surface area contributed by atoms with E-state index in [2.05, 4.69) is 0 Å². The normalized spacial score (nSPS) is 11.2. The number of hydrogen-bond donors (Lipinski definition) is 0. The number of halogens is 1. The monoisotopic (exact) mass is 253 g/mol. The average molecular weight is 253 g/mol. The van der Waals surface area contributed by atoms with E-state index in [0.29, 0.717) is 13.2 Å². The van der Waals surface area contributed by atoms with Crippen LogP contribution >= 0.6 is 0 Å². The minimum atomic E-state index is -0.352. The Morgan fingerprint density at radius 3 is 2.28 bits per heavy atom. The molecule has 0 aliphatic rings. The second-order valence-corrected chi connectivity index (χ2v) is 5.08. The lowest BCUT2D eigenvalue weighted by molar-refractivity contribution is 0.0671. The molecule has 0 N–H and O–H groups in total. The Labute approximate surface area is 108 Å². The molecular formula is C14H20FNO2. The van der Waals surface area contributed by atoms with Crippen molar-refractivity contribution in [2.75, 3.05) is 6.61 Å². The Balaban J connectivity index is 2.85. The summed E-state index contributed by atoms with van der Waals surface area (Å²) in [6.07, 6.45) is -0.352. The van der Waals surface area contributed by atoms with Crippen LogP contribution in [0.1, 0.15) is 33.3 Å². The molecule has 0 aliphatic carbocycles. The predicted molar refractivity (Wildman–Crippen MR) is 68.7 cm³/mol. The lowest BCUT2D eigenvalue weighted by atomic mass is 10.1. The van der Waals surface area contributed by atoms with Crippen LogP contribution in [0.2, 0.25) is 0 Å². The summed E-state index contributed by atoms with van der Waals surface area (Å²) in [4.78, 5) is 13.5. The van der Waals surface area contributed by atoms with Gasteiger partial charge in [-0.3, -0.25) is 4.90 Å². The highest BCUT2D eigenvalue weighted by molar-refractivity contribution is 5.68. The van der Waals surface area contributed by atoms with Gasteiger partial charge in [0.15, 0.2) is 0 Å². The molecule has 100 valence electrons. The van der Waals surface area contributed by atoms with Crippen LogP contribution in [0.5, 0.6) is 0 Å². The van der Waals surface area contributed by atoms with Crippen molar-refractivity contribution in [2.45, 2.75) is 39.8 Å². The van der Waals surface area contributed by atoms with Gasteiger partial charge in [-0.05, 0) is 45.4 Å². The Bertz CT molecular complexity index is 395. The second-order valence-electron chi connectivity index (χ2n) is 5.08. The summed E-state index contributed by atoms with van der Waals surface area (Å²) in [5.41, 5.74) is 0.528. The van der Waals surface area contributed by atoms with E-state index < -0.39 is 0 Å². The first kappa shape index (κ1) is 14.5. The van der Waals surface area contributed by atoms with Crippen LogP contribution in [0.3, 0.4) is 0 Å². The number of carbonyl (C=O) groups is 1. The molecule has 0 saturated heterocycles. The van der Waals surface area contributed by atoms with Gasteiger partial charge in [0, 0.05) is 12.1 Å². The zero-order chi connectivity index (χ0) is 13.8. The van der Waals surface area contributed by atoms with Gasteiger partial charge >= 0.3 is 6.09 Å². The van der Waals surface area contributed by atoms with Gasteiger partial charge in [0.1, 0.15) is 5.82 Å². The molecule has 0 saturated carbocycles. The number of nitrogens with zero attached hydrogens (tertiary/aromatic N) is 1. The quantitative estimate of drug-likeness (QED) is 0.824. The third-order valence-corrected chi connectivity index (χ3v) is 2.55. The fourth-order valence-corrected chi connectivity index (χ4v) is 1.55. The highest BCUT2D eigenvalue weighted by atomic mass is 19.1. The summed E-state index contributed by atoms with van der Waals surface area (Å²) in [6.45, 7) is 8.34. The van der Waals surface area contributed by atoms with Crippen molar-refractivity contribution in [3.63, 3.8) is 0 Å². The zero-order valence-corrected chi connectivity index (χ0v) is 11.4. The van der Waals surface area contributed by atoms with E-state index in [1.54, 1.807) is 24.0 Å². The Morgan fingerprint density at radius 1 is 1.28 bits per heavy atom. The van der Waals surface area contributed by atoms with Crippen LogP contribution in [0.25, 0.3) is 0 Å². The lowest BCUT2D eigenvalue weighted by Crippen LogP contribution is -2.45. The predicted octanol–water partition coefficient (Wildman–Crippen LogP) is 3.58. The summed E-state index contributed by atoms with van der Waals surface area (Å²) >= 11 is 0.